The summed E-state index contributed by atoms with van der Waals surface area (Å²) >= 11 is 0. The quantitative estimate of drug-likeness (QED) is 0.353. The minimum atomic E-state index is -3.72. The first-order valence-corrected chi connectivity index (χ1v) is 13.2. The number of hydrogen-bond acceptors (Lipinski definition) is 3. The van der Waals surface area contributed by atoms with Crippen molar-refractivity contribution < 1.29 is 12.8 Å². The summed E-state index contributed by atoms with van der Waals surface area (Å²) in [7, 11) is -3.72. The number of fused-ring (bicyclic) bond motifs is 5. The van der Waals surface area contributed by atoms with E-state index in [4.69, 9.17) is 4.42 Å². The highest BCUT2D eigenvalue weighted by Crippen LogP contribution is 2.44. The minimum Gasteiger partial charge on any atom is -0.460 e. The smallest absolute Gasteiger partial charge is 0.261 e. The van der Waals surface area contributed by atoms with E-state index in [2.05, 4.69) is 32.4 Å². The molecule has 1 aliphatic rings. The number of rotatable bonds is 4. The second kappa shape index (κ2) is 7.91. The third-order valence-electron chi connectivity index (χ3n) is 7.16. The monoisotopic (exact) mass is 461 g/mol. The summed E-state index contributed by atoms with van der Waals surface area (Å²) in [6.45, 7) is 8.94. The van der Waals surface area contributed by atoms with Gasteiger partial charge in [0.2, 0.25) is 0 Å². The van der Waals surface area contributed by atoms with Gasteiger partial charge in [0, 0.05) is 28.1 Å². The topological polar surface area (TPSA) is 59.3 Å². The highest BCUT2D eigenvalue weighted by Gasteiger charge is 2.32. The van der Waals surface area contributed by atoms with Gasteiger partial charge >= 0.3 is 0 Å². The second-order valence-electron chi connectivity index (χ2n) is 10.3. The van der Waals surface area contributed by atoms with Gasteiger partial charge in [0.1, 0.15) is 11.3 Å². The summed E-state index contributed by atoms with van der Waals surface area (Å²) < 4.78 is 35.8. The molecule has 1 aromatic heterocycles. The van der Waals surface area contributed by atoms with Crippen molar-refractivity contribution >= 4 is 37.5 Å². The van der Waals surface area contributed by atoms with Crippen LogP contribution < -0.4 is 4.72 Å². The Balaban J connectivity index is 1.64. The Hall–Kier alpha value is -2.79. The molecule has 1 aliphatic carbocycles. The molecule has 0 saturated carbocycles. The molecule has 0 saturated heterocycles. The molecule has 1 N–H and O–H groups in total. The van der Waals surface area contributed by atoms with Crippen molar-refractivity contribution in [1.82, 2.24) is 0 Å². The SMILES string of the molecule is CCc1ccc(S(=O)(=O)Nc2cc3c4c(oc3c3ccccc23)CC[C@@H](C(C)(C)C)C4)cc1. The number of sulfonamides is 1. The third kappa shape index (κ3) is 3.93. The van der Waals surface area contributed by atoms with Crippen LogP contribution in [0.3, 0.4) is 0 Å². The van der Waals surface area contributed by atoms with Gasteiger partial charge in [0.15, 0.2) is 0 Å². The average Bonchev–Trinajstić information content (AvgIpc) is 3.16. The molecule has 0 spiro atoms. The first-order valence-electron chi connectivity index (χ1n) is 11.7. The summed E-state index contributed by atoms with van der Waals surface area (Å²) in [4.78, 5) is 0.269. The fourth-order valence-electron chi connectivity index (χ4n) is 5.03. The van der Waals surface area contributed by atoms with Crippen LogP contribution in [0.4, 0.5) is 5.69 Å². The Bertz CT molecular complexity index is 1440. The summed E-state index contributed by atoms with van der Waals surface area (Å²) in [5, 5.41) is 2.81. The van der Waals surface area contributed by atoms with Crippen LogP contribution in [-0.2, 0) is 29.3 Å². The molecule has 5 rings (SSSR count). The normalized spacial score (nSPS) is 16.8. The highest BCUT2D eigenvalue weighted by atomic mass is 32.2. The molecular formula is C28H31NO3S. The van der Waals surface area contributed by atoms with E-state index in [0.29, 0.717) is 11.6 Å². The summed E-state index contributed by atoms with van der Waals surface area (Å²) in [6.07, 6.45) is 3.86. The van der Waals surface area contributed by atoms with Gasteiger partial charge in [0.05, 0.1) is 10.6 Å². The van der Waals surface area contributed by atoms with Crippen LogP contribution in [0.2, 0.25) is 0 Å². The van der Waals surface area contributed by atoms with Crippen molar-refractivity contribution in [2.75, 3.05) is 4.72 Å². The largest absolute Gasteiger partial charge is 0.460 e. The minimum absolute atomic E-state index is 0.215. The van der Waals surface area contributed by atoms with E-state index >= 15 is 0 Å². The Morgan fingerprint density at radius 2 is 1.70 bits per heavy atom. The molecule has 0 fully saturated rings. The van der Waals surface area contributed by atoms with Crippen molar-refractivity contribution in [3.05, 3.63) is 71.5 Å². The number of hydrogen-bond donors (Lipinski definition) is 1. The lowest BCUT2D eigenvalue weighted by Crippen LogP contribution is -2.26. The van der Waals surface area contributed by atoms with Crippen LogP contribution in [0.1, 0.15) is 51.0 Å². The van der Waals surface area contributed by atoms with Crippen molar-refractivity contribution in [3.8, 4) is 0 Å². The number of anilines is 1. The Labute approximate surface area is 196 Å². The van der Waals surface area contributed by atoms with Crippen molar-refractivity contribution in [1.29, 1.82) is 0 Å². The van der Waals surface area contributed by atoms with E-state index in [9.17, 15) is 8.42 Å². The van der Waals surface area contributed by atoms with Gasteiger partial charge < -0.3 is 4.42 Å². The first kappa shape index (κ1) is 22.0. The molecule has 0 amide bonds. The first-order chi connectivity index (χ1) is 15.7. The van der Waals surface area contributed by atoms with Crippen LogP contribution in [0.25, 0.3) is 21.7 Å². The van der Waals surface area contributed by atoms with Crippen LogP contribution in [0.15, 0.2) is 63.9 Å². The molecule has 1 atom stereocenters. The highest BCUT2D eigenvalue weighted by molar-refractivity contribution is 7.92. The maximum Gasteiger partial charge on any atom is 0.261 e. The molecule has 3 aromatic carbocycles. The zero-order valence-electron chi connectivity index (χ0n) is 19.7. The zero-order chi connectivity index (χ0) is 23.4. The maximum absolute atomic E-state index is 13.3. The maximum atomic E-state index is 13.3. The van der Waals surface area contributed by atoms with Gasteiger partial charge in [0.25, 0.3) is 10.0 Å². The number of benzene rings is 3. The lowest BCUT2D eigenvalue weighted by atomic mass is 9.71. The number of nitrogens with one attached hydrogen (secondary N) is 1. The van der Waals surface area contributed by atoms with E-state index in [1.54, 1.807) is 12.1 Å². The molecule has 5 heteroatoms. The van der Waals surface area contributed by atoms with Crippen LogP contribution in [0.5, 0.6) is 0 Å². The summed E-state index contributed by atoms with van der Waals surface area (Å²) in [6, 6.07) is 16.9. The fourth-order valence-corrected chi connectivity index (χ4v) is 6.10. The Morgan fingerprint density at radius 3 is 2.36 bits per heavy atom. The van der Waals surface area contributed by atoms with E-state index in [-0.39, 0.29) is 10.3 Å². The molecule has 0 aliphatic heterocycles. The van der Waals surface area contributed by atoms with Gasteiger partial charge in [-0.05, 0) is 54.4 Å². The molecule has 4 aromatic rings. The molecule has 4 nitrogen and oxygen atoms in total. The molecular weight excluding hydrogens is 430 g/mol. The van der Waals surface area contributed by atoms with E-state index in [1.165, 1.54) is 5.56 Å². The van der Waals surface area contributed by atoms with Gasteiger partial charge in [-0.15, -0.1) is 0 Å². The predicted molar refractivity (Wildman–Crippen MR) is 135 cm³/mol. The fraction of sp³-hybridized carbons (Fsp3) is 0.357. The average molecular weight is 462 g/mol. The van der Waals surface area contributed by atoms with Gasteiger partial charge in [-0.1, -0.05) is 64.1 Å². The second-order valence-corrected chi connectivity index (χ2v) is 11.9. The third-order valence-corrected chi connectivity index (χ3v) is 8.54. The van der Waals surface area contributed by atoms with Gasteiger partial charge in [-0.3, -0.25) is 4.72 Å². The lowest BCUT2D eigenvalue weighted by Gasteiger charge is -2.33. The van der Waals surface area contributed by atoms with Crippen molar-refractivity contribution in [2.45, 2.75) is 58.3 Å². The van der Waals surface area contributed by atoms with Crippen LogP contribution >= 0.6 is 0 Å². The number of furan rings is 1. The molecule has 0 bridgehead atoms. The van der Waals surface area contributed by atoms with E-state index in [1.807, 2.05) is 42.5 Å². The lowest BCUT2D eigenvalue weighted by molar-refractivity contribution is 0.210. The van der Waals surface area contributed by atoms with Crippen LogP contribution in [-0.4, -0.2) is 8.42 Å². The van der Waals surface area contributed by atoms with E-state index in [0.717, 1.165) is 58.7 Å². The molecule has 172 valence electrons. The summed E-state index contributed by atoms with van der Waals surface area (Å²) in [5.74, 6) is 1.61. The Morgan fingerprint density at radius 1 is 1.00 bits per heavy atom. The van der Waals surface area contributed by atoms with Crippen LogP contribution in [0, 0.1) is 11.3 Å². The van der Waals surface area contributed by atoms with Crippen molar-refractivity contribution in [3.63, 3.8) is 0 Å². The van der Waals surface area contributed by atoms with E-state index < -0.39 is 10.0 Å². The van der Waals surface area contributed by atoms with Crippen molar-refractivity contribution in [2.24, 2.45) is 11.3 Å². The Kier molecular flexibility index (Phi) is 5.28. The molecule has 1 heterocycles. The molecule has 0 unspecified atom stereocenters. The number of aryl methyl sites for hydroxylation is 2. The molecule has 33 heavy (non-hydrogen) atoms. The summed E-state index contributed by atoms with van der Waals surface area (Å²) in [5.41, 5.74) is 4.01. The van der Waals surface area contributed by atoms with Gasteiger partial charge in [-0.2, -0.15) is 0 Å². The molecule has 0 radical (unpaired) electrons. The zero-order valence-corrected chi connectivity index (χ0v) is 20.6. The predicted octanol–water partition coefficient (Wildman–Crippen LogP) is 7.10. The van der Waals surface area contributed by atoms with Gasteiger partial charge in [-0.25, -0.2) is 8.42 Å². The standard InChI is InChI=1S/C28H31NO3S/c1-5-18-10-13-20(14-11-18)33(30,31)29-25-17-24-23-16-19(28(2,3)4)12-15-26(23)32-27(24)22-9-7-6-8-21(22)25/h6-11,13-14,17,19,29H,5,12,15-16H2,1-4H3/t19-/m1/s1.